The van der Waals surface area contributed by atoms with Crippen LogP contribution in [-0.2, 0) is 22.7 Å². The summed E-state index contributed by atoms with van der Waals surface area (Å²) in [6, 6.07) is 10.2. The highest BCUT2D eigenvalue weighted by Gasteiger charge is 2.31. The Hall–Kier alpha value is -3.43. The van der Waals surface area contributed by atoms with E-state index in [1.165, 1.54) is 5.69 Å². The van der Waals surface area contributed by atoms with Gasteiger partial charge >= 0.3 is 0 Å². The van der Waals surface area contributed by atoms with Crippen molar-refractivity contribution in [3.05, 3.63) is 66.0 Å². The van der Waals surface area contributed by atoms with Crippen molar-refractivity contribution in [1.29, 1.82) is 0 Å². The Bertz CT molecular complexity index is 1120. The van der Waals surface area contributed by atoms with Crippen LogP contribution < -0.4 is 25.6 Å². The van der Waals surface area contributed by atoms with Crippen LogP contribution in [0, 0.1) is 11.8 Å². The summed E-state index contributed by atoms with van der Waals surface area (Å²) in [5, 5.41) is 9.78. The molecule has 1 aromatic heterocycles. The van der Waals surface area contributed by atoms with Gasteiger partial charge in [-0.25, -0.2) is 0 Å². The Kier molecular flexibility index (Phi) is 8.88. The molecule has 0 saturated carbocycles. The number of amides is 2. The number of aromatic nitrogens is 1. The van der Waals surface area contributed by atoms with Crippen LogP contribution in [0.3, 0.4) is 0 Å². The zero-order valence-corrected chi connectivity index (χ0v) is 21.9. The highest BCUT2D eigenvalue weighted by Crippen LogP contribution is 2.29. The number of carbonyl (C=O) groups excluding carboxylic acids is 2. The summed E-state index contributed by atoms with van der Waals surface area (Å²) in [5.74, 6) is 1.26. The van der Waals surface area contributed by atoms with Crippen LogP contribution in [0.1, 0.15) is 24.0 Å². The summed E-state index contributed by atoms with van der Waals surface area (Å²) in [7, 11) is 0. The van der Waals surface area contributed by atoms with Gasteiger partial charge in [0.15, 0.2) is 0 Å². The second-order valence-electron chi connectivity index (χ2n) is 10.3. The molecule has 2 fully saturated rings. The first-order valence-electron chi connectivity index (χ1n) is 13.7. The van der Waals surface area contributed by atoms with Crippen LogP contribution in [0.25, 0.3) is 0 Å². The second kappa shape index (κ2) is 12.9. The summed E-state index contributed by atoms with van der Waals surface area (Å²) < 4.78 is 6.17. The number of hydrogen-bond acceptors (Lipinski definition) is 7. The third-order valence-electron chi connectivity index (χ3n) is 7.68. The van der Waals surface area contributed by atoms with E-state index in [1.807, 2.05) is 29.2 Å². The van der Waals surface area contributed by atoms with Crippen molar-refractivity contribution in [2.45, 2.75) is 25.9 Å². The number of anilines is 1. The maximum absolute atomic E-state index is 13.0. The van der Waals surface area contributed by atoms with E-state index < -0.39 is 0 Å². The highest BCUT2D eigenvalue weighted by molar-refractivity contribution is 5.79. The lowest BCUT2D eigenvalue weighted by Gasteiger charge is -2.37. The molecule has 0 unspecified atom stereocenters. The fourth-order valence-corrected chi connectivity index (χ4v) is 5.49. The smallest absolute Gasteiger partial charge is 0.236 e. The van der Waals surface area contributed by atoms with Crippen molar-refractivity contribution in [2.24, 2.45) is 11.8 Å². The monoisotopic (exact) mass is 518 g/mol. The van der Waals surface area contributed by atoms with Gasteiger partial charge < -0.3 is 30.5 Å². The number of carbonyl (C=O) groups is 2. The lowest BCUT2D eigenvalue weighted by molar-refractivity contribution is -0.132. The van der Waals surface area contributed by atoms with Gasteiger partial charge in [-0.05, 0) is 54.2 Å². The second-order valence-corrected chi connectivity index (χ2v) is 10.3. The Morgan fingerprint density at radius 3 is 2.74 bits per heavy atom. The lowest BCUT2D eigenvalue weighted by atomic mass is 9.82. The minimum atomic E-state index is 0.0371. The fourth-order valence-electron chi connectivity index (χ4n) is 5.49. The zero-order chi connectivity index (χ0) is 26.2. The Balaban J connectivity index is 1.24. The molecule has 3 aliphatic rings. The number of piperidine rings is 1. The largest absolute Gasteiger partial charge is 0.489 e. The Morgan fingerprint density at radius 2 is 1.89 bits per heavy atom. The number of piperazine rings is 1. The summed E-state index contributed by atoms with van der Waals surface area (Å²) in [4.78, 5) is 34.1. The molecule has 2 amide bonds. The van der Waals surface area contributed by atoms with E-state index in [4.69, 9.17) is 4.74 Å². The number of fused-ring (bicyclic) bond motifs is 3. The molecule has 4 heterocycles. The van der Waals surface area contributed by atoms with E-state index in [0.29, 0.717) is 39.2 Å². The van der Waals surface area contributed by atoms with Crippen molar-refractivity contribution in [3.63, 3.8) is 0 Å². The van der Waals surface area contributed by atoms with E-state index in [1.54, 1.807) is 12.4 Å². The minimum absolute atomic E-state index is 0.0371. The van der Waals surface area contributed by atoms with Gasteiger partial charge in [0.25, 0.3) is 0 Å². The number of nitrogens with zero attached hydrogens (tertiary/aromatic N) is 3. The number of ether oxygens (including phenoxy) is 1. The average molecular weight is 519 g/mol. The Morgan fingerprint density at radius 1 is 1.05 bits per heavy atom. The van der Waals surface area contributed by atoms with Crippen LogP contribution in [0.2, 0.25) is 0 Å². The van der Waals surface area contributed by atoms with Crippen molar-refractivity contribution < 1.29 is 14.3 Å². The molecule has 0 radical (unpaired) electrons. The lowest BCUT2D eigenvalue weighted by Crippen LogP contribution is -2.47. The molecule has 5 rings (SSSR count). The topological polar surface area (TPSA) is 98.8 Å². The SMILES string of the molecule is O=C(C[C@@H]1CCN2C[C@@H]1/C=C\COc1ccc(N3CCNCC3)cc1CNCC2=O)NCc1ccncc1. The van der Waals surface area contributed by atoms with Crippen molar-refractivity contribution in [2.75, 3.05) is 57.3 Å². The molecule has 0 spiro atoms. The molecular weight excluding hydrogens is 480 g/mol. The number of rotatable bonds is 5. The third kappa shape index (κ3) is 6.90. The zero-order valence-electron chi connectivity index (χ0n) is 21.9. The first-order chi connectivity index (χ1) is 18.7. The van der Waals surface area contributed by atoms with E-state index in [-0.39, 0.29) is 30.2 Å². The van der Waals surface area contributed by atoms with Crippen molar-refractivity contribution in [3.8, 4) is 5.75 Å². The van der Waals surface area contributed by atoms with E-state index >= 15 is 0 Å². The summed E-state index contributed by atoms with van der Waals surface area (Å²) in [6.45, 7) is 7.02. The molecule has 9 heteroatoms. The highest BCUT2D eigenvalue weighted by atomic mass is 16.5. The van der Waals surface area contributed by atoms with Gasteiger partial charge in [-0.1, -0.05) is 12.2 Å². The number of pyridine rings is 1. The maximum atomic E-state index is 13.0. The normalized spacial score (nSPS) is 23.2. The van der Waals surface area contributed by atoms with Crippen LogP contribution in [0.15, 0.2) is 54.9 Å². The van der Waals surface area contributed by atoms with Gasteiger partial charge in [0, 0.05) is 82.4 Å². The van der Waals surface area contributed by atoms with E-state index in [0.717, 1.165) is 49.5 Å². The summed E-state index contributed by atoms with van der Waals surface area (Å²) in [5.41, 5.74) is 3.27. The molecule has 2 aromatic rings. The maximum Gasteiger partial charge on any atom is 0.236 e. The molecular formula is C29H38N6O3. The van der Waals surface area contributed by atoms with Gasteiger partial charge in [0.05, 0.1) is 6.54 Å². The number of hydrogen-bond donors (Lipinski definition) is 3. The summed E-state index contributed by atoms with van der Waals surface area (Å²) >= 11 is 0. The molecule has 2 bridgehead atoms. The van der Waals surface area contributed by atoms with Gasteiger partial charge in [-0.2, -0.15) is 0 Å². The standard InChI is InChI=1S/C29H38N6O3/c36-28(33-18-22-5-8-30-9-6-22)17-23-7-12-35-21-24(23)2-1-15-38-27-4-3-26(34-13-10-31-11-14-34)16-25(27)19-32-20-29(35)37/h1-6,8-9,16,23-24,31-32H,7,10-15,17-21H2,(H,33,36)/b2-1-/t23-,24-/m0/s1. The summed E-state index contributed by atoms with van der Waals surface area (Å²) in [6.07, 6.45) is 8.89. The van der Waals surface area contributed by atoms with Gasteiger partial charge in [0.2, 0.25) is 11.8 Å². The van der Waals surface area contributed by atoms with Crippen LogP contribution in [0.4, 0.5) is 5.69 Å². The van der Waals surface area contributed by atoms with Gasteiger partial charge in [-0.3, -0.25) is 14.6 Å². The molecule has 38 heavy (non-hydrogen) atoms. The molecule has 2 saturated heterocycles. The molecule has 0 aliphatic carbocycles. The van der Waals surface area contributed by atoms with Gasteiger partial charge in [0.1, 0.15) is 12.4 Å². The van der Waals surface area contributed by atoms with Crippen LogP contribution in [0.5, 0.6) is 5.75 Å². The van der Waals surface area contributed by atoms with Crippen LogP contribution >= 0.6 is 0 Å². The fraction of sp³-hybridized carbons (Fsp3) is 0.483. The quantitative estimate of drug-likeness (QED) is 0.519. The number of benzene rings is 1. The van der Waals surface area contributed by atoms with Gasteiger partial charge in [-0.15, -0.1) is 0 Å². The molecule has 202 valence electrons. The third-order valence-corrected chi connectivity index (χ3v) is 7.68. The minimum Gasteiger partial charge on any atom is -0.489 e. The van der Waals surface area contributed by atoms with Crippen molar-refractivity contribution >= 4 is 17.5 Å². The number of nitrogens with one attached hydrogen (secondary N) is 3. The molecule has 9 nitrogen and oxygen atoms in total. The molecule has 1 aromatic carbocycles. The van der Waals surface area contributed by atoms with E-state index in [2.05, 4.69) is 44.0 Å². The van der Waals surface area contributed by atoms with Crippen LogP contribution in [-0.4, -0.2) is 74.1 Å². The van der Waals surface area contributed by atoms with E-state index in [9.17, 15) is 9.59 Å². The first kappa shape index (κ1) is 26.2. The molecule has 2 atom stereocenters. The molecule has 3 aliphatic heterocycles. The average Bonchev–Trinajstić information content (AvgIpc) is 2.97. The predicted octanol–water partition coefficient (Wildman–Crippen LogP) is 1.70. The molecule has 3 N–H and O–H groups in total. The first-order valence-corrected chi connectivity index (χ1v) is 13.7. The Labute approximate surface area is 224 Å². The predicted molar refractivity (Wildman–Crippen MR) is 147 cm³/mol. The van der Waals surface area contributed by atoms with Crippen molar-refractivity contribution in [1.82, 2.24) is 25.8 Å².